The number of nitrogens with zero attached hydrogens (tertiary/aromatic N) is 5. The number of allylic oxidation sites excluding steroid dienone is 1. The second-order valence-corrected chi connectivity index (χ2v) is 8.89. The van der Waals surface area contributed by atoms with Crippen LogP contribution in [0.25, 0.3) is 5.65 Å². The maximum atomic E-state index is 13.2. The number of hydrogen-bond acceptors (Lipinski definition) is 7. The van der Waals surface area contributed by atoms with Gasteiger partial charge in [0.25, 0.3) is 0 Å². The summed E-state index contributed by atoms with van der Waals surface area (Å²) in [6.45, 7) is 1.01. The monoisotopic (exact) mass is 479 g/mol. The average molecular weight is 480 g/mol. The van der Waals surface area contributed by atoms with E-state index in [0.717, 1.165) is 11.3 Å². The van der Waals surface area contributed by atoms with Gasteiger partial charge in [-0.05, 0) is 23.8 Å². The molecule has 2 aliphatic heterocycles. The number of fused-ring (bicyclic) bond motifs is 1. The van der Waals surface area contributed by atoms with Crippen molar-refractivity contribution in [2.75, 3.05) is 44.0 Å². The van der Waals surface area contributed by atoms with Crippen molar-refractivity contribution in [2.24, 2.45) is 0 Å². The number of benzene rings is 1. The van der Waals surface area contributed by atoms with Crippen LogP contribution in [0.1, 0.15) is 17.4 Å². The Balaban J connectivity index is 1.54. The quantitative estimate of drug-likeness (QED) is 0.512. The number of carbonyl (C=O) groups excluding carboxylic acids is 1. The number of aromatic hydroxyl groups is 1. The molecule has 0 saturated carbocycles. The van der Waals surface area contributed by atoms with Crippen LogP contribution in [0.15, 0.2) is 53.2 Å². The smallest absolute Gasteiger partial charge is 0.324 e. The van der Waals surface area contributed by atoms with Crippen molar-refractivity contribution >= 4 is 23.1 Å². The fourth-order valence-electron chi connectivity index (χ4n) is 4.25. The normalized spacial score (nSPS) is 17.5. The Morgan fingerprint density at radius 2 is 1.94 bits per heavy atom. The van der Waals surface area contributed by atoms with Crippen molar-refractivity contribution in [3.05, 3.63) is 75.9 Å². The minimum atomic E-state index is -0.651. The molecule has 1 atom stereocenters. The van der Waals surface area contributed by atoms with E-state index in [9.17, 15) is 19.1 Å². The van der Waals surface area contributed by atoms with Crippen molar-refractivity contribution in [1.29, 1.82) is 0 Å². The first-order valence-corrected chi connectivity index (χ1v) is 11.2. The highest BCUT2D eigenvalue weighted by atomic mass is 19.1. The van der Waals surface area contributed by atoms with E-state index < -0.39 is 17.5 Å². The first-order valence-electron chi connectivity index (χ1n) is 11.2. The van der Waals surface area contributed by atoms with Crippen LogP contribution in [0.3, 0.4) is 0 Å². The first-order chi connectivity index (χ1) is 16.7. The highest BCUT2D eigenvalue weighted by Gasteiger charge is 2.31. The summed E-state index contributed by atoms with van der Waals surface area (Å²) in [7, 11) is 5.38. The molecular weight excluding hydrogens is 453 g/mol. The molecule has 182 valence electrons. The number of rotatable bonds is 5. The predicted molar refractivity (Wildman–Crippen MR) is 130 cm³/mol. The summed E-state index contributed by atoms with van der Waals surface area (Å²) in [5.74, 6) is -0.796. The number of halogens is 1. The van der Waals surface area contributed by atoms with Crippen molar-refractivity contribution in [3.63, 3.8) is 0 Å². The van der Waals surface area contributed by atoms with Crippen molar-refractivity contribution in [1.82, 2.24) is 24.9 Å². The van der Waals surface area contributed by atoms with Crippen LogP contribution in [0.4, 0.5) is 20.6 Å². The molecule has 10 nitrogen and oxygen atoms in total. The summed E-state index contributed by atoms with van der Waals surface area (Å²) in [6, 6.07) is 7.81. The van der Waals surface area contributed by atoms with E-state index in [0.29, 0.717) is 30.9 Å². The zero-order valence-corrected chi connectivity index (χ0v) is 19.6. The van der Waals surface area contributed by atoms with Gasteiger partial charge in [0.1, 0.15) is 17.7 Å². The van der Waals surface area contributed by atoms with E-state index in [2.05, 4.69) is 15.6 Å². The van der Waals surface area contributed by atoms with Gasteiger partial charge in [-0.2, -0.15) is 0 Å². The Morgan fingerprint density at radius 3 is 2.60 bits per heavy atom. The molecule has 5 rings (SSSR count). The summed E-state index contributed by atoms with van der Waals surface area (Å²) in [6.07, 6.45) is 3.19. The summed E-state index contributed by atoms with van der Waals surface area (Å²) in [5, 5.41) is 17.1. The summed E-state index contributed by atoms with van der Waals surface area (Å²) in [5.41, 5.74) is 2.63. The average Bonchev–Trinajstić information content (AvgIpc) is 3.43. The lowest BCUT2D eigenvalue weighted by Crippen LogP contribution is -2.32. The second kappa shape index (κ2) is 8.49. The van der Waals surface area contributed by atoms with Gasteiger partial charge in [0.2, 0.25) is 5.75 Å². The van der Waals surface area contributed by atoms with Gasteiger partial charge in [-0.25, -0.2) is 14.2 Å². The highest BCUT2D eigenvalue weighted by Crippen LogP contribution is 2.31. The number of nitrogens with one attached hydrogen (secondary N) is 2. The largest absolute Gasteiger partial charge is 0.502 e. The maximum Gasteiger partial charge on any atom is 0.324 e. The van der Waals surface area contributed by atoms with Crippen LogP contribution in [0, 0.1) is 5.82 Å². The van der Waals surface area contributed by atoms with Crippen LogP contribution >= 0.6 is 0 Å². The third kappa shape index (κ3) is 3.98. The number of pyridine rings is 1. The topological polar surface area (TPSA) is 105 Å². The van der Waals surface area contributed by atoms with Gasteiger partial charge in [-0.15, -0.1) is 0 Å². The molecule has 1 unspecified atom stereocenters. The Kier molecular flexibility index (Phi) is 5.46. The third-order valence-electron chi connectivity index (χ3n) is 6.25. The number of carbonyl (C=O) groups is 1. The SMILES string of the molecule is CN1CCN(c2cc(N(C)C)cn3c(=O)c(O)c(C4NC=C(Cc5ccc(F)cc5)N4)nc23)C1=O. The standard InChI is InChI=1S/C24H26FN7O3/c1-29(2)17-11-18(31-9-8-30(3)24(31)35)22-28-19(20(33)23(34)32(22)13-17)21-26-12-16(27-21)10-14-4-6-15(25)7-5-14/h4-7,11-13,21,26-27,33H,8-10H2,1-3H3. The van der Waals surface area contributed by atoms with Gasteiger partial charge >= 0.3 is 11.6 Å². The number of urea groups is 1. The predicted octanol–water partition coefficient (Wildman–Crippen LogP) is 1.75. The van der Waals surface area contributed by atoms with E-state index in [1.54, 1.807) is 41.4 Å². The summed E-state index contributed by atoms with van der Waals surface area (Å²) < 4.78 is 14.5. The van der Waals surface area contributed by atoms with Crippen LogP contribution in [-0.4, -0.2) is 59.7 Å². The van der Waals surface area contributed by atoms with E-state index in [4.69, 9.17) is 0 Å². The number of anilines is 2. The number of hydrogen-bond donors (Lipinski definition) is 3. The molecule has 0 aliphatic carbocycles. The Labute approximate surface area is 200 Å². The zero-order valence-electron chi connectivity index (χ0n) is 19.6. The second-order valence-electron chi connectivity index (χ2n) is 8.89. The lowest BCUT2D eigenvalue weighted by Gasteiger charge is -2.23. The molecule has 35 heavy (non-hydrogen) atoms. The van der Waals surface area contributed by atoms with Crippen LogP contribution in [-0.2, 0) is 6.42 Å². The highest BCUT2D eigenvalue weighted by molar-refractivity contribution is 5.98. The lowest BCUT2D eigenvalue weighted by molar-refractivity contribution is 0.229. The number of likely N-dealkylation sites (N-methyl/N-ethyl adjacent to an activating group) is 1. The molecule has 2 aromatic heterocycles. The zero-order chi connectivity index (χ0) is 24.9. The molecule has 3 aromatic rings. The van der Waals surface area contributed by atoms with Crippen molar-refractivity contribution in [2.45, 2.75) is 12.6 Å². The van der Waals surface area contributed by atoms with Gasteiger partial charge in [0, 0.05) is 58.7 Å². The molecule has 1 fully saturated rings. The minimum Gasteiger partial charge on any atom is -0.502 e. The van der Waals surface area contributed by atoms with Crippen molar-refractivity contribution < 1.29 is 14.3 Å². The molecule has 0 bridgehead atoms. The molecule has 11 heteroatoms. The van der Waals surface area contributed by atoms with Gasteiger partial charge in [0.15, 0.2) is 5.65 Å². The number of aromatic nitrogens is 2. The Bertz CT molecular complexity index is 1400. The van der Waals surface area contributed by atoms with E-state index in [-0.39, 0.29) is 23.2 Å². The molecule has 1 saturated heterocycles. The third-order valence-corrected chi connectivity index (χ3v) is 6.25. The number of amides is 2. The maximum absolute atomic E-state index is 13.2. The summed E-state index contributed by atoms with van der Waals surface area (Å²) >= 11 is 0. The molecule has 4 heterocycles. The molecular formula is C24H26FN7O3. The van der Waals surface area contributed by atoms with Gasteiger partial charge in [-0.1, -0.05) is 12.1 Å². The lowest BCUT2D eigenvalue weighted by atomic mass is 10.1. The Hall–Kier alpha value is -4.28. The molecule has 2 aliphatic rings. The van der Waals surface area contributed by atoms with E-state index >= 15 is 0 Å². The van der Waals surface area contributed by atoms with Gasteiger partial charge in [0.05, 0.1) is 11.4 Å². The van der Waals surface area contributed by atoms with Crippen LogP contribution in [0.2, 0.25) is 0 Å². The summed E-state index contributed by atoms with van der Waals surface area (Å²) in [4.78, 5) is 35.7. The molecule has 2 amide bonds. The van der Waals surface area contributed by atoms with Gasteiger partial charge < -0.3 is 25.5 Å². The fourth-order valence-corrected chi connectivity index (χ4v) is 4.25. The van der Waals surface area contributed by atoms with Gasteiger partial charge in [-0.3, -0.25) is 14.1 Å². The molecule has 0 radical (unpaired) electrons. The van der Waals surface area contributed by atoms with Crippen LogP contribution in [0.5, 0.6) is 5.75 Å². The Morgan fingerprint density at radius 1 is 1.20 bits per heavy atom. The molecule has 3 N–H and O–H groups in total. The first kappa shape index (κ1) is 22.5. The minimum absolute atomic E-state index is 0.124. The van der Waals surface area contributed by atoms with Crippen LogP contribution < -0.4 is 26.0 Å². The van der Waals surface area contributed by atoms with E-state index in [1.165, 1.54) is 16.5 Å². The van der Waals surface area contributed by atoms with Crippen molar-refractivity contribution in [3.8, 4) is 5.75 Å². The fraction of sp³-hybridized carbons (Fsp3) is 0.292. The molecule has 1 aromatic carbocycles. The van der Waals surface area contributed by atoms with E-state index in [1.807, 2.05) is 25.1 Å². The molecule has 0 spiro atoms.